The van der Waals surface area contributed by atoms with Gasteiger partial charge in [-0.1, -0.05) is 0 Å². The van der Waals surface area contributed by atoms with Crippen molar-refractivity contribution in [1.82, 2.24) is 15.3 Å². The zero-order valence-electron chi connectivity index (χ0n) is 10.2. The van der Waals surface area contributed by atoms with E-state index in [0.717, 1.165) is 17.2 Å². The summed E-state index contributed by atoms with van der Waals surface area (Å²) in [6.45, 7) is 3.20. The maximum atomic E-state index is 4.70. The quantitative estimate of drug-likeness (QED) is 0.872. The van der Waals surface area contributed by atoms with Crippen molar-refractivity contribution < 1.29 is 0 Å². The van der Waals surface area contributed by atoms with Crippen LogP contribution in [-0.4, -0.2) is 23.6 Å². The van der Waals surface area contributed by atoms with Gasteiger partial charge in [0, 0.05) is 23.0 Å². The normalized spacial score (nSPS) is 17.3. The van der Waals surface area contributed by atoms with E-state index in [9.17, 15) is 0 Å². The fourth-order valence-corrected chi connectivity index (χ4v) is 3.74. The molecule has 3 rings (SSSR count). The number of rotatable bonds is 4. The molecule has 3 nitrogen and oxygen atoms in total. The van der Waals surface area contributed by atoms with E-state index in [0.29, 0.717) is 5.41 Å². The first-order chi connectivity index (χ1) is 8.25. The number of H-pyrrole nitrogens is 1. The van der Waals surface area contributed by atoms with E-state index in [1.807, 2.05) is 30.6 Å². The van der Waals surface area contributed by atoms with Crippen molar-refractivity contribution in [1.29, 1.82) is 0 Å². The van der Waals surface area contributed by atoms with Crippen LogP contribution in [-0.2, 0) is 5.41 Å². The number of aryl methyl sites for hydroxylation is 1. The smallest absolute Gasteiger partial charge is 0.140 e. The molecule has 17 heavy (non-hydrogen) atoms. The van der Waals surface area contributed by atoms with Gasteiger partial charge in [0.2, 0.25) is 0 Å². The van der Waals surface area contributed by atoms with Gasteiger partial charge in [0.25, 0.3) is 0 Å². The number of aromatic nitrogens is 2. The van der Waals surface area contributed by atoms with Gasteiger partial charge in [-0.3, -0.25) is 0 Å². The molecule has 0 aromatic carbocycles. The lowest BCUT2D eigenvalue weighted by Gasteiger charge is -2.12. The topological polar surface area (TPSA) is 40.7 Å². The molecule has 0 radical (unpaired) electrons. The van der Waals surface area contributed by atoms with Crippen LogP contribution in [0.3, 0.4) is 0 Å². The highest BCUT2D eigenvalue weighted by atomic mass is 32.1. The van der Waals surface area contributed by atoms with Crippen molar-refractivity contribution in [3.05, 3.63) is 28.9 Å². The van der Waals surface area contributed by atoms with Crippen molar-refractivity contribution in [2.24, 2.45) is 0 Å². The van der Waals surface area contributed by atoms with Crippen LogP contribution in [0.25, 0.3) is 10.7 Å². The molecule has 1 aliphatic carbocycles. The third-order valence-corrected chi connectivity index (χ3v) is 4.91. The molecule has 2 heterocycles. The van der Waals surface area contributed by atoms with Gasteiger partial charge in [0.15, 0.2) is 0 Å². The molecular weight excluding hydrogens is 230 g/mol. The number of likely N-dealkylation sites (N-methyl/N-ethyl adjacent to an activating group) is 1. The molecule has 2 aromatic heterocycles. The highest BCUT2D eigenvalue weighted by Gasteiger charge is 2.46. The largest absolute Gasteiger partial charge is 0.359 e. The molecule has 0 aliphatic heterocycles. The average Bonchev–Trinajstić information content (AvgIpc) is 2.79. The van der Waals surface area contributed by atoms with E-state index in [1.54, 1.807) is 0 Å². The van der Waals surface area contributed by atoms with Gasteiger partial charge in [-0.2, -0.15) is 0 Å². The molecule has 1 aliphatic rings. The maximum Gasteiger partial charge on any atom is 0.140 e. The van der Waals surface area contributed by atoms with Crippen LogP contribution in [0.5, 0.6) is 0 Å². The van der Waals surface area contributed by atoms with E-state index in [1.165, 1.54) is 23.4 Å². The minimum atomic E-state index is 0.376. The van der Waals surface area contributed by atoms with E-state index in [2.05, 4.69) is 23.3 Å². The standard InChI is InChI=1S/C13H17N3S/c1-9-11(13(5-6-13)8-14-2)17-12(16-9)10-4-3-7-15-10/h3-4,7,14-15H,5-6,8H2,1-2H3. The van der Waals surface area contributed by atoms with Gasteiger partial charge in [-0.05, 0) is 38.9 Å². The Morgan fingerprint density at radius 1 is 1.53 bits per heavy atom. The highest BCUT2D eigenvalue weighted by Crippen LogP contribution is 2.51. The maximum absolute atomic E-state index is 4.70. The molecule has 90 valence electrons. The lowest BCUT2D eigenvalue weighted by Crippen LogP contribution is -2.23. The molecule has 0 atom stereocenters. The summed E-state index contributed by atoms with van der Waals surface area (Å²) >= 11 is 1.84. The van der Waals surface area contributed by atoms with Crippen molar-refractivity contribution >= 4 is 11.3 Å². The zero-order valence-corrected chi connectivity index (χ0v) is 11.0. The Labute approximate surface area is 105 Å². The van der Waals surface area contributed by atoms with Crippen LogP contribution < -0.4 is 5.32 Å². The summed E-state index contributed by atoms with van der Waals surface area (Å²) in [5.41, 5.74) is 2.71. The molecule has 4 heteroatoms. The fourth-order valence-electron chi connectivity index (χ4n) is 2.44. The Balaban J connectivity index is 1.97. The fraction of sp³-hybridized carbons (Fsp3) is 0.462. The van der Waals surface area contributed by atoms with Crippen molar-refractivity contribution in [3.8, 4) is 10.7 Å². The molecule has 0 amide bonds. The third-order valence-electron chi connectivity index (χ3n) is 3.48. The van der Waals surface area contributed by atoms with Gasteiger partial charge >= 0.3 is 0 Å². The summed E-state index contributed by atoms with van der Waals surface area (Å²) in [4.78, 5) is 9.40. The molecule has 2 aromatic rings. The molecule has 0 bridgehead atoms. The van der Waals surface area contributed by atoms with Gasteiger partial charge < -0.3 is 10.3 Å². The lowest BCUT2D eigenvalue weighted by atomic mass is 10.0. The summed E-state index contributed by atoms with van der Waals surface area (Å²) in [7, 11) is 2.03. The molecule has 2 N–H and O–H groups in total. The van der Waals surface area contributed by atoms with Crippen LogP contribution in [0.2, 0.25) is 0 Å². The summed E-state index contributed by atoms with van der Waals surface area (Å²) < 4.78 is 0. The van der Waals surface area contributed by atoms with Gasteiger partial charge in [-0.25, -0.2) is 4.98 Å². The van der Waals surface area contributed by atoms with Gasteiger partial charge in [0.1, 0.15) is 5.01 Å². The van der Waals surface area contributed by atoms with Gasteiger partial charge in [-0.15, -0.1) is 11.3 Å². The number of nitrogens with one attached hydrogen (secondary N) is 2. The highest BCUT2D eigenvalue weighted by molar-refractivity contribution is 7.15. The first-order valence-electron chi connectivity index (χ1n) is 6.01. The van der Waals surface area contributed by atoms with E-state index in [4.69, 9.17) is 4.98 Å². The van der Waals surface area contributed by atoms with Crippen molar-refractivity contribution in [2.45, 2.75) is 25.2 Å². The Morgan fingerprint density at radius 3 is 2.94 bits per heavy atom. The second-order valence-electron chi connectivity index (χ2n) is 4.83. The number of thiazole rings is 1. The predicted molar refractivity (Wildman–Crippen MR) is 71.5 cm³/mol. The number of hydrogen-bond donors (Lipinski definition) is 2. The monoisotopic (exact) mass is 247 g/mol. The third kappa shape index (κ3) is 1.81. The SMILES string of the molecule is CNCC1(c2sc(-c3ccc[nH]3)nc2C)CC1. The molecule has 0 saturated heterocycles. The second-order valence-corrected chi connectivity index (χ2v) is 5.83. The predicted octanol–water partition coefficient (Wildman–Crippen LogP) is 2.70. The summed E-state index contributed by atoms with van der Waals surface area (Å²) in [6, 6.07) is 4.10. The number of aromatic amines is 1. The van der Waals surface area contributed by atoms with Crippen LogP contribution in [0.4, 0.5) is 0 Å². The van der Waals surface area contributed by atoms with Crippen molar-refractivity contribution in [3.63, 3.8) is 0 Å². The number of hydrogen-bond acceptors (Lipinski definition) is 3. The lowest BCUT2D eigenvalue weighted by molar-refractivity contribution is 0.630. The summed E-state index contributed by atoms with van der Waals surface area (Å²) in [5.74, 6) is 0. The Hall–Kier alpha value is -1.13. The molecule has 0 spiro atoms. The molecule has 0 unspecified atom stereocenters. The Bertz CT molecular complexity index is 509. The van der Waals surface area contributed by atoms with E-state index < -0.39 is 0 Å². The Kier molecular flexibility index (Phi) is 2.56. The molecule has 1 saturated carbocycles. The minimum Gasteiger partial charge on any atom is -0.359 e. The van der Waals surface area contributed by atoms with E-state index >= 15 is 0 Å². The Morgan fingerprint density at radius 2 is 2.35 bits per heavy atom. The average molecular weight is 247 g/mol. The zero-order chi connectivity index (χ0) is 11.9. The second kappa shape index (κ2) is 3.96. The summed E-state index contributed by atoms with van der Waals surface area (Å²) in [6.07, 6.45) is 4.54. The van der Waals surface area contributed by atoms with Crippen molar-refractivity contribution in [2.75, 3.05) is 13.6 Å². The minimum absolute atomic E-state index is 0.376. The van der Waals surface area contributed by atoms with Crippen LogP contribution in [0.1, 0.15) is 23.4 Å². The number of nitrogens with zero attached hydrogens (tertiary/aromatic N) is 1. The first-order valence-corrected chi connectivity index (χ1v) is 6.83. The van der Waals surface area contributed by atoms with E-state index in [-0.39, 0.29) is 0 Å². The van der Waals surface area contributed by atoms with Crippen LogP contribution in [0, 0.1) is 6.92 Å². The van der Waals surface area contributed by atoms with Crippen LogP contribution >= 0.6 is 11.3 Å². The first kappa shape index (κ1) is 11.0. The van der Waals surface area contributed by atoms with Gasteiger partial charge in [0.05, 0.1) is 11.4 Å². The molecular formula is C13H17N3S. The molecule has 1 fully saturated rings. The summed E-state index contributed by atoms with van der Waals surface area (Å²) in [5, 5.41) is 4.43. The van der Waals surface area contributed by atoms with Crippen LogP contribution in [0.15, 0.2) is 18.3 Å².